The van der Waals surface area contributed by atoms with E-state index in [0.29, 0.717) is 6.04 Å². The zero-order valence-corrected chi connectivity index (χ0v) is 12.8. The van der Waals surface area contributed by atoms with E-state index in [-0.39, 0.29) is 0 Å². The molecule has 0 saturated heterocycles. The van der Waals surface area contributed by atoms with Crippen LogP contribution in [0.15, 0.2) is 18.2 Å². The molecule has 1 aromatic carbocycles. The van der Waals surface area contributed by atoms with Gasteiger partial charge in [-0.1, -0.05) is 55.9 Å². The first-order valence-corrected chi connectivity index (χ1v) is 8.00. The first-order chi connectivity index (χ1) is 9.16. The van der Waals surface area contributed by atoms with E-state index in [0.717, 1.165) is 6.04 Å². The van der Waals surface area contributed by atoms with E-state index in [4.69, 9.17) is 0 Å². The van der Waals surface area contributed by atoms with E-state index in [1.807, 2.05) is 0 Å². The third kappa shape index (κ3) is 4.35. The maximum Gasteiger partial charge on any atom is 0.0296 e. The quantitative estimate of drug-likeness (QED) is 0.799. The number of hydrogen-bond donors (Lipinski definition) is 1. The third-order valence-corrected chi connectivity index (χ3v) is 4.48. The molecule has 1 fully saturated rings. The van der Waals surface area contributed by atoms with Gasteiger partial charge in [-0.05, 0) is 44.7 Å². The standard InChI is InChI=1S/C18H29N/c1-14-11-12-18(15(2)13-14)16(3)19-17-9-7-5-4-6-8-10-17/h11-13,16-17,19H,4-10H2,1-3H3. The maximum absolute atomic E-state index is 3.86. The number of benzene rings is 1. The molecule has 0 bridgehead atoms. The number of nitrogens with one attached hydrogen (secondary N) is 1. The Balaban J connectivity index is 1.96. The summed E-state index contributed by atoms with van der Waals surface area (Å²) >= 11 is 0. The lowest BCUT2D eigenvalue weighted by atomic mass is 9.94. The zero-order chi connectivity index (χ0) is 13.7. The molecule has 0 aromatic heterocycles. The first-order valence-electron chi connectivity index (χ1n) is 8.00. The predicted octanol–water partition coefficient (Wildman–Crippen LogP) is 5.07. The second-order valence-corrected chi connectivity index (χ2v) is 6.29. The largest absolute Gasteiger partial charge is 0.307 e. The molecule has 1 atom stereocenters. The SMILES string of the molecule is Cc1ccc(C(C)NC2CCCCCCC2)c(C)c1. The van der Waals surface area contributed by atoms with Gasteiger partial charge in [-0.3, -0.25) is 0 Å². The smallest absolute Gasteiger partial charge is 0.0296 e. The van der Waals surface area contributed by atoms with Crippen molar-refractivity contribution >= 4 is 0 Å². The van der Waals surface area contributed by atoms with Gasteiger partial charge in [0.25, 0.3) is 0 Å². The summed E-state index contributed by atoms with van der Waals surface area (Å²) in [6.45, 7) is 6.72. The minimum Gasteiger partial charge on any atom is -0.307 e. The van der Waals surface area contributed by atoms with E-state index in [1.54, 1.807) is 0 Å². The molecule has 1 aliphatic rings. The Hall–Kier alpha value is -0.820. The Kier molecular flexibility index (Phi) is 5.45. The summed E-state index contributed by atoms with van der Waals surface area (Å²) in [5, 5.41) is 3.86. The topological polar surface area (TPSA) is 12.0 Å². The van der Waals surface area contributed by atoms with Gasteiger partial charge in [0, 0.05) is 12.1 Å². The molecule has 1 N–H and O–H groups in total. The molecule has 0 radical (unpaired) electrons. The first kappa shape index (κ1) is 14.6. The lowest BCUT2D eigenvalue weighted by Gasteiger charge is -2.26. The fraction of sp³-hybridized carbons (Fsp3) is 0.667. The normalized spacial score (nSPS) is 19.7. The van der Waals surface area contributed by atoms with Crippen molar-refractivity contribution in [3.8, 4) is 0 Å². The fourth-order valence-electron chi connectivity index (χ4n) is 3.38. The Morgan fingerprint density at radius 3 is 2.26 bits per heavy atom. The summed E-state index contributed by atoms with van der Waals surface area (Å²) in [6.07, 6.45) is 9.81. The molecular formula is C18H29N. The summed E-state index contributed by atoms with van der Waals surface area (Å²) in [5.74, 6) is 0. The van der Waals surface area contributed by atoms with E-state index in [1.165, 1.54) is 61.6 Å². The van der Waals surface area contributed by atoms with Crippen LogP contribution in [0.25, 0.3) is 0 Å². The summed E-state index contributed by atoms with van der Waals surface area (Å²) in [4.78, 5) is 0. The van der Waals surface area contributed by atoms with Crippen LogP contribution in [0.5, 0.6) is 0 Å². The van der Waals surface area contributed by atoms with Gasteiger partial charge < -0.3 is 5.32 Å². The molecule has 0 spiro atoms. The van der Waals surface area contributed by atoms with Gasteiger partial charge in [0.2, 0.25) is 0 Å². The third-order valence-electron chi connectivity index (χ3n) is 4.48. The van der Waals surface area contributed by atoms with Crippen LogP contribution in [0, 0.1) is 13.8 Å². The van der Waals surface area contributed by atoms with Gasteiger partial charge in [0.05, 0.1) is 0 Å². The molecule has 106 valence electrons. The van der Waals surface area contributed by atoms with Crippen LogP contribution < -0.4 is 5.32 Å². The Bertz CT molecular complexity index is 389. The molecule has 19 heavy (non-hydrogen) atoms. The summed E-state index contributed by atoms with van der Waals surface area (Å²) < 4.78 is 0. The average molecular weight is 259 g/mol. The lowest BCUT2D eigenvalue weighted by molar-refractivity contribution is 0.362. The van der Waals surface area contributed by atoms with Crippen LogP contribution in [-0.2, 0) is 0 Å². The van der Waals surface area contributed by atoms with E-state index < -0.39 is 0 Å². The van der Waals surface area contributed by atoms with E-state index in [9.17, 15) is 0 Å². The highest BCUT2D eigenvalue weighted by Crippen LogP contribution is 2.23. The average Bonchev–Trinajstić information content (AvgIpc) is 2.32. The summed E-state index contributed by atoms with van der Waals surface area (Å²) in [5.41, 5.74) is 4.25. The molecule has 1 saturated carbocycles. The van der Waals surface area contributed by atoms with Crippen LogP contribution in [-0.4, -0.2) is 6.04 Å². The minimum absolute atomic E-state index is 0.477. The number of aryl methyl sites for hydroxylation is 2. The Morgan fingerprint density at radius 1 is 1.00 bits per heavy atom. The molecular weight excluding hydrogens is 230 g/mol. The van der Waals surface area contributed by atoms with Crippen LogP contribution in [0.4, 0.5) is 0 Å². The minimum atomic E-state index is 0.477. The number of rotatable bonds is 3. The van der Waals surface area contributed by atoms with Gasteiger partial charge >= 0.3 is 0 Å². The molecule has 1 aromatic rings. The number of hydrogen-bond acceptors (Lipinski definition) is 1. The monoisotopic (exact) mass is 259 g/mol. The Labute approximate surface area is 118 Å². The fourth-order valence-corrected chi connectivity index (χ4v) is 3.38. The van der Waals surface area contributed by atoms with Gasteiger partial charge in [-0.2, -0.15) is 0 Å². The van der Waals surface area contributed by atoms with Crippen molar-refractivity contribution in [1.29, 1.82) is 0 Å². The van der Waals surface area contributed by atoms with Gasteiger partial charge in [-0.25, -0.2) is 0 Å². The van der Waals surface area contributed by atoms with Crippen molar-refractivity contribution in [1.82, 2.24) is 5.32 Å². The highest BCUT2D eigenvalue weighted by molar-refractivity contribution is 5.32. The van der Waals surface area contributed by atoms with Crippen molar-refractivity contribution < 1.29 is 0 Å². The van der Waals surface area contributed by atoms with Crippen LogP contribution >= 0.6 is 0 Å². The molecule has 2 rings (SSSR count). The highest BCUT2D eigenvalue weighted by atomic mass is 14.9. The van der Waals surface area contributed by atoms with Crippen LogP contribution in [0.1, 0.15) is 74.6 Å². The molecule has 0 heterocycles. The van der Waals surface area contributed by atoms with E-state index in [2.05, 4.69) is 44.3 Å². The molecule has 0 aliphatic heterocycles. The van der Waals surface area contributed by atoms with Crippen molar-refractivity contribution in [3.63, 3.8) is 0 Å². The second-order valence-electron chi connectivity index (χ2n) is 6.29. The van der Waals surface area contributed by atoms with Gasteiger partial charge in [0.1, 0.15) is 0 Å². The zero-order valence-electron chi connectivity index (χ0n) is 12.8. The second kappa shape index (κ2) is 7.09. The van der Waals surface area contributed by atoms with Gasteiger partial charge in [-0.15, -0.1) is 0 Å². The summed E-state index contributed by atoms with van der Waals surface area (Å²) in [6, 6.07) is 8.02. The van der Waals surface area contributed by atoms with Gasteiger partial charge in [0.15, 0.2) is 0 Å². The molecule has 1 heteroatoms. The predicted molar refractivity (Wildman–Crippen MR) is 83.6 cm³/mol. The highest BCUT2D eigenvalue weighted by Gasteiger charge is 2.15. The van der Waals surface area contributed by atoms with Crippen molar-refractivity contribution in [2.75, 3.05) is 0 Å². The molecule has 1 aliphatic carbocycles. The van der Waals surface area contributed by atoms with E-state index >= 15 is 0 Å². The van der Waals surface area contributed by atoms with Crippen molar-refractivity contribution in [2.24, 2.45) is 0 Å². The van der Waals surface area contributed by atoms with Crippen LogP contribution in [0.3, 0.4) is 0 Å². The molecule has 1 nitrogen and oxygen atoms in total. The van der Waals surface area contributed by atoms with Crippen molar-refractivity contribution in [3.05, 3.63) is 34.9 Å². The summed E-state index contributed by atoms with van der Waals surface area (Å²) in [7, 11) is 0. The Morgan fingerprint density at radius 2 is 1.63 bits per heavy atom. The van der Waals surface area contributed by atoms with Crippen LogP contribution in [0.2, 0.25) is 0 Å². The maximum atomic E-state index is 3.86. The molecule has 0 amide bonds. The lowest BCUT2D eigenvalue weighted by Crippen LogP contribution is -2.32. The molecule has 1 unspecified atom stereocenters. The van der Waals surface area contributed by atoms with Crippen molar-refractivity contribution in [2.45, 2.75) is 77.8 Å².